The average molecular weight is 298 g/mol. The Morgan fingerprint density at radius 2 is 1.68 bits per heavy atom. The van der Waals surface area contributed by atoms with Gasteiger partial charge in [0.25, 0.3) is 0 Å². The summed E-state index contributed by atoms with van der Waals surface area (Å²) in [4.78, 5) is 12.0. The van der Waals surface area contributed by atoms with Crippen LogP contribution in [0.25, 0.3) is 6.08 Å². The molecule has 0 amide bonds. The lowest BCUT2D eigenvalue weighted by Crippen LogP contribution is -2.12. The van der Waals surface area contributed by atoms with Crippen LogP contribution in [0.1, 0.15) is 12.5 Å². The summed E-state index contributed by atoms with van der Waals surface area (Å²) in [7, 11) is 1.60. The van der Waals surface area contributed by atoms with E-state index in [4.69, 9.17) is 14.2 Å². The molecule has 2 aromatic carbocycles. The van der Waals surface area contributed by atoms with Gasteiger partial charge in [-0.1, -0.05) is 30.3 Å². The standard InChI is InChI=1S/C18H18O4/c1-3-21-18(19)17(22-16-7-5-4-6-8-16)13-14-9-11-15(20-2)12-10-14/h4-13H,3H2,1-2H3. The Labute approximate surface area is 129 Å². The molecule has 0 saturated heterocycles. The van der Waals surface area contributed by atoms with Gasteiger partial charge in [0.05, 0.1) is 13.7 Å². The Balaban J connectivity index is 2.26. The van der Waals surface area contributed by atoms with E-state index in [1.54, 1.807) is 32.2 Å². The first kappa shape index (κ1) is 15.6. The van der Waals surface area contributed by atoms with E-state index in [0.717, 1.165) is 11.3 Å². The fraction of sp³-hybridized carbons (Fsp3) is 0.167. The molecule has 4 nitrogen and oxygen atoms in total. The maximum absolute atomic E-state index is 12.0. The molecule has 0 spiro atoms. The van der Waals surface area contributed by atoms with Crippen molar-refractivity contribution in [3.63, 3.8) is 0 Å². The van der Waals surface area contributed by atoms with Crippen molar-refractivity contribution in [1.82, 2.24) is 0 Å². The molecule has 0 unspecified atom stereocenters. The summed E-state index contributed by atoms with van der Waals surface area (Å²) in [6.45, 7) is 2.04. The summed E-state index contributed by atoms with van der Waals surface area (Å²) in [5, 5.41) is 0. The Bertz CT molecular complexity index is 630. The van der Waals surface area contributed by atoms with E-state index in [2.05, 4.69) is 0 Å². The summed E-state index contributed by atoms with van der Waals surface area (Å²) in [5.74, 6) is 0.967. The normalized spacial score (nSPS) is 10.9. The lowest BCUT2D eigenvalue weighted by atomic mass is 10.2. The molecule has 114 valence electrons. The van der Waals surface area contributed by atoms with E-state index in [9.17, 15) is 4.79 Å². The molecule has 22 heavy (non-hydrogen) atoms. The van der Waals surface area contributed by atoms with Crippen molar-refractivity contribution in [1.29, 1.82) is 0 Å². The van der Waals surface area contributed by atoms with Crippen LogP contribution in [0.5, 0.6) is 11.5 Å². The third kappa shape index (κ3) is 4.38. The van der Waals surface area contributed by atoms with E-state index in [1.807, 2.05) is 42.5 Å². The van der Waals surface area contributed by atoms with Crippen molar-refractivity contribution >= 4 is 12.0 Å². The van der Waals surface area contributed by atoms with Crippen LogP contribution >= 0.6 is 0 Å². The number of para-hydroxylation sites is 1. The minimum absolute atomic E-state index is 0.137. The predicted molar refractivity (Wildman–Crippen MR) is 84.7 cm³/mol. The van der Waals surface area contributed by atoms with Gasteiger partial charge in [0, 0.05) is 0 Å². The van der Waals surface area contributed by atoms with Gasteiger partial charge < -0.3 is 14.2 Å². The number of rotatable bonds is 6. The first-order valence-corrected chi connectivity index (χ1v) is 6.98. The van der Waals surface area contributed by atoms with Crippen molar-refractivity contribution in [3.8, 4) is 11.5 Å². The zero-order valence-electron chi connectivity index (χ0n) is 12.6. The first-order chi connectivity index (χ1) is 10.7. The molecular weight excluding hydrogens is 280 g/mol. The Morgan fingerprint density at radius 1 is 1.00 bits per heavy atom. The summed E-state index contributed by atoms with van der Waals surface area (Å²) >= 11 is 0. The maximum Gasteiger partial charge on any atom is 0.374 e. The van der Waals surface area contributed by atoms with Crippen molar-refractivity contribution in [2.45, 2.75) is 6.92 Å². The molecule has 0 aliphatic carbocycles. The van der Waals surface area contributed by atoms with Crippen LogP contribution in [0, 0.1) is 0 Å². The molecule has 0 saturated carbocycles. The summed E-state index contributed by atoms with van der Waals surface area (Å²) < 4.78 is 15.8. The zero-order valence-corrected chi connectivity index (χ0v) is 12.6. The monoisotopic (exact) mass is 298 g/mol. The van der Waals surface area contributed by atoms with Crippen molar-refractivity contribution in [2.24, 2.45) is 0 Å². The molecular formula is C18H18O4. The van der Waals surface area contributed by atoms with Crippen molar-refractivity contribution in [2.75, 3.05) is 13.7 Å². The second-order valence-electron chi connectivity index (χ2n) is 4.42. The van der Waals surface area contributed by atoms with Gasteiger partial charge in [-0.2, -0.15) is 0 Å². The van der Waals surface area contributed by atoms with Gasteiger partial charge in [0.15, 0.2) is 0 Å². The second-order valence-corrected chi connectivity index (χ2v) is 4.42. The van der Waals surface area contributed by atoms with Gasteiger partial charge >= 0.3 is 5.97 Å². The Hall–Kier alpha value is -2.75. The lowest BCUT2D eigenvalue weighted by Gasteiger charge is -2.09. The van der Waals surface area contributed by atoms with E-state index in [1.165, 1.54) is 0 Å². The number of benzene rings is 2. The fourth-order valence-corrected chi connectivity index (χ4v) is 1.80. The Kier molecular flexibility index (Phi) is 5.60. The maximum atomic E-state index is 12.0. The van der Waals surface area contributed by atoms with Crippen molar-refractivity contribution in [3.05, 3.63) is 65.9 Å². The van der Waals surface area contributed by atoms with E-state index < -0.39 is 5.97 Å². The number of carbonyl (C=O) groups excluding carboxylic acids is 1. The zero-order chi connectivity index (χ0) is 15.8. The van der Waals surface area contributed by atoms with Crippen LogP contribution in [0.15, 0.2) is 60.4 Å². The average Bonchev–Trinajstić information content (AvgIpc) is 2.56. The summed E-state index contributed by atoms with van der Waals surface area (Å²) in [6.07, 6.45) is 1.64. The number of methoxy groups -OCH3 is 1. The molecule has 0 heterocycles. The molecule has 0 aromatic heterocycles. The van der Waals surface area contributed by atoms with Crippen LogP contribution in [0.3, 0.4) is 0 Å². The molecule has 0 fully saturated rings. The highest BCUT2D eigenvalue weighted by molar-refractivity contribution is 5.92. The molecule has 0 N–H and O–H groups in total. The molecule has 0 aliphatic heterocycles. The molecule has 2 aromatic rings. The number of hydrogen-bond donors (Lipinski definition) is 0. The lowest BCUT2D eigenvalue weighted by molar-refractivity contribution is -0.140. The van der Waals surface area contributed by atoms with Crippen molar-refractivity contribution < 1.29 is 19.0 Å². The SMILES string of the molecule is CCOC(=O)C(=Cc1ccc(OC)cc1)Oc1ccccc1. The topological polar surface area (TPSA) is 44.8 Å². The third-order valence-corrected chi connectivity index (χ3v) is 2.86. The predicted octanol–water partition coefficient (Wildman–Crippen LogP) is 3.68. The highest BCUT2D eigenvalue weighted by Crippen LogP contribution is 2.18. The minimum Gasteiger partial charge on any atom is -0.497 e. The van der Waals surface area contributed by atoms with Gasteiger partial charge in [-0.05, 0) is 42.8 Å². The molecule has 0 atom stereocenters. The van der Waals surface area contributed by atoms with E-state index in [-0.39, 0.29) is 12.4 Å². The smallest absolute Gasteiger partial charge is 0.374 e. The molecule has 0 bridgehead atoms. The van der Waals surface area contributed by atoms with Gasteiger partial charge in [-0.3, -0.25) is 0 Å². The van der Waals surface area contributed by atoms with Crippen LogP contribution in [-0.2, 0) is 9.53 Å². The minimum atomic E-state index is -0.498. The number of ether oxygens (including phenoxy) is 3. The third-order valence-electron chi connectivity index (χ3n) is 2.86. The van der Waals surface area contributed by atoms with Gasteiger partial charge in [0.1, 0.15) is 11.5 Å². The fourth-order valence-electron chi connectivity index (χ4n) is 1.80. The van der Waals surface area contributed by atoms with Gasteiger partial charge in [0.2, 0.25) is 5.76 Å². The van der Waals surface area contributed by atoms with Crippen LogP contribution in [0.4, 0.5) is 0 Å². The van der Waals surface area contributed by atoms with Crippen LogP contribution < -0.4 is 9.47 Å². The largest absolute Gasteiger partial charge is 0.497 e. The highest BCUT2D eigenvalue weighted by Gasteiger charge is 2.13. The quantitative estimate of drug-likeness (QED) is 0.463. The summed E-state index contributed by atoms with van der Waals surface area (Å²) in [6, 6.07) is 16.4. The van der Waals surface area contributed by atoms with Gasteiger partial charge in [-0.15, -0.1) is 0 Å². The molecule has 4 heteroatoms. The molecule has 0 radical (unpaired) electrons. The molecule has 2 rings (SSSR count). The van der Waals surface area contributed by atoms with E-state index in [0.29, 0.717) is 5.75 Å². The first-order valence-electron chi connectivity index (χ1n) is 6.98. The molecule has 0 aliphatic rings. The number of hydrogen-bond acceptors (Lipinski definition) is 4. The van der Waals surface area contributed by atoms with Crippen LogP contribution in [0.2, 0.25) is 0 Å². The van der Waals surface area contributed by atoms with Gasteiger partial charge in [-0.25, -0.2) is 4.79 Å². The number of carbonyl (C=O) groups is 1. The Morgan fingerprint density at radius 3 is 2.27 bits per heavy atom. The van der Waals surface area contributed by atoms with E-state index >= 15 is 0 Å². The number of esters is 1. The van der Waals surface area contributed by atoms with Crippen LogP contribution in [-0.4, -0.2) is 19.7 Å². The second kappa shape index (κ2) is 7.88. The highest BCUT2D eigenvalue weighted by atomic mass is 16.6. The summed E-state index contributed by atoms with van der Waals surface area (Å²) in [5.41, 5.74) is 0.819.